The molecule has 1 nitrogen and oxygen atoms in total. The Kier molecular flexibility index (Phi) is 2.08. The van der Waals surface area contributed by atoms with Gasteiger partial charge in [0.25, 0.3) is 0 Å². The molecule has 68 valence electrons. The van der Waals surface area contributed by atoms with Crippen LogP contribution in [0.15, 0.2) is 30.3 Å². The molecule has 1 aliphatic heterocycles. The lowest BCUT2D eigenvalue weighted by Gasteiger charge is -2.43. The molecular formula is C11H13NS. The predicted octanol–water partition coefficient (Wildman–Crippen LogP) is 2.27. The van der Waals surface area contributed by atoms with E-state index >= 15 is 0 Å². The molecule has 1 aliphatic rings. The zero-order chi connectivity index (χ0) is 9.31. The monoisotopic (exact) mass is 191 g/mol. The van der Waals surface area contributed by atoms with Crippen LogP contribution in [0.2, 0.25) is 0 Å². The molecule has 1 saturated heterocycles. The van der Waals surface area contributed by atoms with Gasteiger partial charge in [0.05, 0.1) is 10.4 Å². The first-order chi connectivity index (χ1) is 6.29. The number of hydrogen-bond donors (Lipinski definition) is 1. The molecule has 1 aromatic carbocycles. The summed E-state index contributed by atoms with van der Waals surface area (Å²) in [4.78, 5) is 1.00. The van der Waals surface area contributed by atoms with Crippen molar-refractivity contribution in [1.82, 2.24) is 5.32 Å². The molecule has 0 amide bonds. The van der Waals surface area contributed by atoms with Crippen molar-refractivity contribution in [2.24, 2.45) is 0 Å². The van der Waals surface area contributed by atoms with Crippen molar-refractivity contribution in [3.63, 3.8) is 0 Å². The van der Waals surface area contributed by atoms with Crippen LogP contribution in [0.1, 0.15) is 18.9 Å². The third kappa shape index (κ3) is 1.17. The van der Waals surface area contributed by atoms with Crippen molar-refractivity contribution in [1.29, 1.82) is 0 Å². The zero-order valence-electron chi connectivity index (χ0n) is 7.71. The molecule has 0 radical (unpaired) electrons. The van der Waals surface area contributed by atoms with E-state index in [1.807, 2.05) is 6.07 Å². The fraction of sp³-hybridized carbons (Fsp3) is 0.364. The van der Waals surface area contributed by atoms with Crippen LogP contribution in [0, 0.1) is 0 Å². The summed E-state index contributed by atoms with van der Waals surface area (Å²) in [6.07, 6.45) is 1.09. The highest BCUT2D eigenvalue weighted by atomic mass is 32.1. The molecular weight excluding hydrogens is 178 g/mol. The first-order valence-corrected chi connectivity index (χ1v) is 5.04. The molecule has 0 aliphatic carbocycles. The fourth-order valence-corrected chi connectivity index (χ4v) is 2.26. The van der Waals surface area contributed by atoms with Crippen molar-refractivity contribution in [3.05, 3.63) is 35.9 Å². The molecule has 0 bridgehead atoms. The minimum absolute atomic E-state index is 0.136. The van der Waals surface area contributed by atoms with E-state index in [0.717, 1.165) is 18.0 Å². The molecule has 2 rings (SSSR count). The first-order valence-electron chi connectivity index (χ1n) is 4.63. The zero-order valence-corrected chi connectivity index (χ0v) is 8.53. The topological polar surface area (TPSA) is 12.0 Å². The summed E-state index contributed by atoms with van der Waals surface area (Å²) in [5.41, 5.74) is 1.48. The normalized spacial score (nSPS) is 26.4. The Hall–Kier alpha value is -0.890. The highest BCUT2D eigenvalue weighted by Gasteiger charge is 2.42. The number of nitrogens with one attached hydrogen (secondary N) is 1. The molecule has 0 aromatic heterocycles. The molecule has 0 spiro atoms. The van der Waals surface area contributed by atoms with Crippen molar-refractivity contribution < 1.29 is 0 Å². The second-order valence-electron chi connectivity index (χ2n) is 3.48. The summed E-state index contributed by atoms with van der Waals surface area (Å²) in [5.74, 6) is 0. The Balaban J connectivity index is 2.38. The Morgan fingerprint density at radius 2 is 2.08 bits per heavy atom. The maximum Gasteiger partial charge on any atom is 0.0878 e. The van der Waals surface area contributed by atoms with E-state index in [1.54, 1.807) is 0 Å². The summed E-state index contributed by atoms with van der Waals surface area (Å²) in [5, 5.41) is 3.18. The number of thiocarbonyl (C=S) groups is 1. The number of hydrogen-bond acceptors (Lipinski definition) is 1. The third-order valence-electron chi connectivity index (χ3n) is 2.92. The maximum absolute atomic E-state index is 5.29. The van der Waals surface area contributed by atoms with Gasteiger partial charge in [-0.05, 0) is 12.0 Å². The average Bonchev–Trinajstić information content (AvgIpc) is 2.19. The first kappa shape index (κ1) is 8.70. The standard InChI is InChI=1S/C11H13NS/c1-2-11(8-12-10(11)13)9-6-4-3-5-7-9/h3-7H,2,8H2,1H3,(H,12,13). The van der Waals surface area contributed by atoms with Crippen LogP contribution in [0.25, 0.3) is 0 Å². The largest absolute Gasteiger partial charge is 0.378 e. The van der Waals surface area contributed by atoms with E-state index in [9.17, 15) is 0 Å². The second-order valence-corrected chi connectivity index (χ2v) is 3.89. The Morgan fingerprint density at radius 3 is 2.46 bits per heavy atom. The second kappa shape index (κ2) is 3.11. The van der Waals surface area contributed by atoms with Gasteiger partial charge in [-0.3, -0.25) is 0 Å². The van der Waals surface area contributed by atoms with Crippen LogP contribution >= 0.6 is 12.2 Å². The van der Waals surface area contributed by atoms with Crippen LogP contribution in [-0.2, 0) is 5.41 Å². The lowest BCUT2D eigenvalue weighted by molar-refractivity contribution is 0.464. The minimum Gasteiger partial charge on any atom is -0.378 e. The van der Waals surface area contributed by atoms with Crippen LogP contribution in [0.4, 0.5) is 0 Å². The summed E-state index contributed by atoms with van der Waals surface area (Å²) >= 11 is 5.29. The van der Waals surface area contributed by atoms with Gasteiger partial charge in [-0.1, -0.05) is 49.5 Å². The summed E-state index contributed by atoms with van der Waals surface area (Å²) in [6.45, 7) is 3.19. The Morgan fingerprint density at radius 1 is 1.38 bits per heavy atom. The van der Waals surface area contributed by atoms with Gasteiger partial charge in [0.2, 0.25) is 0 Å². The van der Waals surface area contributed by atoms with Gasteiger partial charge in [-0.15, -0.1) is 0 Å². The lowest BCUT2D eigenvalue weighted by Crippen LogP contribution is -2.60. The summed E-state index contributed by atoms with van der Waals surface area (Å²) < 4.78 is 0. The van der Waals surface area contributed by atoms with Crippen molar-refractivity contribution in [2.75, 3.05) is 6.54 Å². The molecule has 1 unspecified atom stereocenters. The van der Waals surface area contributed by atoms with Gasteiger partial charge in [0, 0.05) is 6.54 Å². The van der Waals surface area contributed by atoms with E-state index in [0.29, 0.717) is 0 Å². The van der Waals surface area contributed by atoms with E-state index < -0.39 is 0 Å². The number of rotatable bonds is 2. The molecule has 2 heteroatoms. The SMILES string of the molecule is CCC1(c2ccccc2)CNC1=S. The van der Waals surface area contributed by atoms with Gasteiger partial charge < -0.3 is 5.32 Å². The van der Waals surface area contributed by atoms with E-state index in [4.69, 9.17) is 12.2 Å². The highest BCUT2D eigenvalue weighted by Crippen LogP contribution is 2.33. The predicted molar refractivity (Wildman–Crippen MR) is 59.0 cm³/mol. The quantitative estimate of drug-likeness (QED) is 0.720. The van der Waals surface area contributed by atoms with Crippen LogP contribution < -0.4 is 5.32 Å². The highest BCUT2D eigenvalue weighted by molar-refractivity contribution is 7.80. The van der Waals surface area contributed by atoms with Crippen molar-refractivity contribution in [3.8, 4) is 0 Å². The maximum atomic E-state index is 5.29. The Labute approximate surface area is 84.2 Å². The average molecular weight is 191 g/mol. The van der Waals surface area contributed by atoms with E-state index in [2.05, 4.69) is 36.5 Å². The van der Waals surface area contributed by atoms with E-state index in [-0.39, 0.29) is 5.41 Å². The molecule has 0 saturated carbocycles. The van der Waals surface area contributed by atoms with Gasteiger partial charge in [-0.25, -0.2) is 0 Å². The summed E-state index contributed by atoms with van der Waals surface area (Å²) in [7, 11) is 0. The van der Waals surface area contributed by atoms with Crippen molar-refractivity contribution >= 4 is 17.2 Å². The molecule has 1 aromatic rings. The van der Waals surface area contributed by atoms with Gasteiger partial charge in [0.1, 0.15) is 0 Å². The van der Waals surface area contributed by atoms with Crippen molar-refractivity contribution in [2.45, 2.75) is 18.8 Å². The van der Waals surface area contributed by atoms with Gasteiger partial charge in [0.15, 0.2) is 0 Å². The smallest absolute Gasteiger partial charge is 0.0878 e. The third-order valence-corrected chi connectivity index (χ3v) is 3.45. The molecule has 13 heavy (non-hydrogen) atoms. The lowest BCUT2D eigenvalue weighted by atomic mass is 9.73. The fourth-order valence-electron chi connectivity index (χ4n) is 1.85. The van der Waals surface area contributed by atoms with Crippen LogP contribution in [-0.4, -0.2) is 11.5 Å². The van der Waals surface area contributed by atoms with Crippen LogP contribution in [0.3, 0.4) is 0 Å². The molecule has 1 atom stereocenters. The summed E-state index contributed by atoms with van der Waals surface area (Å²) in [6, 6.07) is 10.5. The molecule has 1 fully saturated rings. The van der Waals surface area contributed by atoms with Crippen LogP contribution in [0.5, 0.6) is 0 Å². The number of benzene rings is 1. The Bertz CT molecular complexity index is 316. The van der Waals surface area contributed by atoms with E-state index in [1.165, 1.54) is 5.56 Å². The molecule has 1 N–H and O–H groups in total. The van der Waals surface area contributed by atoms with Gasteiger partial charge >= 0.3 is 0 Å². The molecule has 1 heterocycles. The minimum atomic E-state index is 0.136. The van der Waals surface area contributed by atoms with Gasteiger partial charge in [-0.2, -0.15) is 0 Å².